The average molecular weight is 215 g/mol. The first-order valence-electron chi connectivity index (χ1n) is 5.22. The SMILES string of the molecule is COC(=O)C(=O)NC1CCCCCC1O. The molecule has 0 spiro atoms. The number of methoxy groups -OCH3 is 1. The Morgan fingerprint density at radius 1 is 1.27 bits per heavy atom. The molecule has 0 aromatic rings. The number of rotatable bonds is 1. The van der Waals surface area contributed by atoms with Crippen LogP contribution in [0.5, 0.6) is 0 Å². The molecule has 0 aromatic carbocycles. The van der Waals surface area contributed by atoms with E-state index in [1.165, 1.54) is 0 Å². The van der Waals surface area contributed by atoms with Crippen molar-refractivity contribution in [1.82, 2.24) is 5.32 Å². The maximum Gasteiger partial charge on any atom is 0.396 e. The predicted octanol–water partition coefficient (Wildman–Crippen LogP) is -0.0308. The topological polar surface area (TPSA) is 75.6 Å². The third kappa shape index (κ3) is 3.51. The van der Waals surface area contributed by atoms with E-state index in [9.17, 15) is 14.7 Å². The number of nitrogens with one attached hydrogen (secondary N) is 1. The zero-order valence-electron chi connectivity index (χ0n) is 8.86. The fourth-order valence-electron chi connectivity index (χ4n) is 1.78. The minimum absolute atomic E-state index is 0.320. The maximum atomic E-state index is 11.2. The fraction of sp³-hybridized carbons (Fsp3) is 0.800. The van der Waals surface area contributed by atoms with Gasteiger partial charge in [0.1, 0.15) is 0 Å². The highest BCUT2D eigenvalue weighted by Crippen LogP contribution is 2.17. The lowest BCUT2D eigenvalue weighted by Crippen LogP contribution is -2.45. The van der Waals surface area contributed by atoms with Gasteiger partial charge in [0.25, 0.3) is 0 Å². The smallest absolute Gasteiger partial charge is 0.396 e. The third-order valence-corrected chi connectivity index (χ3v) is 2.67. The zero-order chi connectivity index (χ0) is 11.3. The molecule has 86 valence electrons. The zero-order valence-corrected chi connectivity index (χ0v) is 8.86. The second-order valence-electron chi connectivity index (χ2n) is 3.78. The van der Waals surface area contributed by atoms with E-state index in [1.54, 1.807) is 0 Å². The lowest BCUT2D eigenvalue weighted by molar-refractivity contribution is -0.153. The van der Waals surface area contributed by atoms with Crippen molar-refractivity contribution in [3.8, 4) is 0 Å². The highest BCUT2D eigenvalue weighted by molar-refractivity contribution is 6.32. The number of carbonyl (C=O) groups excluding carboxylic acids is 2. The Balaban J connectivity index is 2.47. The number of aliphatic hydroxyl groups is 1. The lowest BCUT2D eigenvalue weighted by atomic mass is 10.1. The molecule has 2 atom stereocenters. The van der Waals surface area contributed by atoms with E-state index in [2.05, 4.69) is 10.1 Å². The number of carbonyl (C=O) groups is 2. The second-order valence-corrected chi connectivity index (χ2v) is 3.78. The van der Waals surface area contributed by atoms with E-state index in [0.717, 1.165) is 26.4 Å². The van der Waals surface area contributed by atoms with Crippen LogP contribution in [0.1, 0.15) is 32.1 Å². The van der Waals surface area contributed by atoms with Crippen molar-refractivity contribution in [3.05, 3.63) is 0 Å². The highest BCUT2D eigenvalue weighted by atomic mass is 16.5. The average Bonchev–Trinajstić information content (AvgIpc) is 2.43. The molecule has 0 bridgehead atoms. The molecule has 1 fully saturated rings. The number of aliphatic hydroxyl groups excluding tert-OH is 1. The predicted molar refractivity (Wildman–Crippen MR) is 53.0 cm³/mol. The first-order chi connectivity index (χ1) is 7.15. The Morgan fingerprint density at radius 3 is 2.60 bits per heavy atom. The molecule has 0 heterocycles. The molecule has 2 unspecified atom stereocenters. The number of esters is 1. The van der Waals surface area contributed by atoms with Crippen LogP contribution in [0.25, 0.3) is 0 Å². The monoisotopic (exact) mass is 215 g/mol. The van der Waals surface area contributed by atoms with Gasteiger partial charge in [-0.15, -0.1) is 0 Å². The lowest BCUT2D eigenvalue weighted by Gasteiger charge is -2.20. The van der Waals surface area contributed by atoms with Gasteiger partial charge in [0.15, 0.2) is 0 Å². The molecule has 0 radical (unpaired) electrons. The molecule has 15 heavy (non-hydrogen) atoms. The van der Waals surface area contributed by atoms with Crippen molar-refractivity contribution in [2.75, 3.05) is 7.11 Å². The molecule has 0 saturated heterocycles. The van der Waals surface area contributed by atoms with Crippen LogP contribution in [0.15, 0.2) is 0 Å². The largest absolute Gasteiger partial charge is 0.462 e. The van der Waals surface area contributed by atoms with Crippen LogP contribution in [0.2, 0.25) is 0 Å². The van der Waals surface area contributed by atoms with E-state index in [4.69, 9.17) is 0 Å². The third-order valence-electron chi connectivity index (χ3n) is 2.67. The Labute approximate surface area is 88.8 Å². The number of hydrogen-bond acceptors (Lipinski definition) is 4. The molecule has 1 aliphatic carbocycles. The summed E-state index contributed by atoms with van der Waals surface area (Å²) in [5.74, 6) is -1.69. The van der Waals surface area contributed by atoms with Gasteiger partial charge in [-0.25, -0.2) is 4.79 Å². The van der Waals surface area contributed by atoms with Crippen LogP contribution in [-0.4, -0.2) is 36.2 Å². The first-order valence-corrected chi connectivity index (χ1v) is 5.22. The van der Waals surface area contributed by atoms with Crippen LogP contribution in [0.4, 0.5) is 0 Å². The van der Waals surface area contributed by atoms with Crippen LogP contribution in [0.3, 0.4) is 0 Å². The number of ether oxygens (including phenoxy) is 1. The summed E-state index contributed by atoms with van der Waals surface area (Å²) in [5, 5.41) is 12.2. The molecule has 5 heteroatoms. The Bertz CT molecular complexity index is 242. The van der Waals surface area contributed by atoms with Gasteiger partial charge in [0, 0.05) is 0 Å². The van der Waals surface area contributed by atoms with Gasteiger partial charge in [0.05, 0.1) is 19.3 Å². The molecule has 1 saturated carbocycles. The summed E-state index contributed by atoms with van der Waals surface area (Å²) in [4.78, 5) is 22.1. The van der Waals surface area contributed by atoms with E-state index in [0.29, 0.717) is 12.8 Å². The van der Waals surface area contributed by atoms with Crippen LogP contribution in [0, 0.1) is 0 Å². The van der Waals surface area contributed by atoms with E-state index >= 15 is 0 Å². The second kappa shape index (κ2) is 5.70. The normalized spacial score (nSPS) is 26.5. The number of amides is 1. The summed E-state index contributed by atoms with van der Waals surface area (Å²) < 4.78 is 4.29. The molecule has 0 aliphatic heterocycles. The fourth-order valence-corrected chi connectivity index (χ4v) is 1.78. The summed E-state index contributed by atoms with van der Waals surface area (Å²) in [5.41, 5.74) is 0. The van der Waals surface area contributed by atoms with Crippen molar-refractivity contribution in [2.24, 2.45) is 0 Å². The Kier molecular flexibility index (Phi) is 4.55. The van der Waals surface area contributed by atoms with Gasteiger partial charge in [-0.2, -0.15) is 0 Å². The van der Waals surface area contributed by atoms with Gasteiger partial charge in [-0.3, -0.25) is 4.79 Å². The van der Waals surface area contributed by atoms with Gasteiger partial charge >= 0.3 is 11.9 Å². The maximum absolute atomic E-state index is 11.2. The summed E-state index contributed by atoms with van der Waals surface area (Å²) in [7, 11) is 1.16. The van der Waals surface area contributed by atoms with Gasteiger partial charge < -0.3 is 15.2 Å². The van der Waals surface area contributed by atoms with Gasteiger partial charge in [-0.05, 0) is 12.8 Å². The molecule has 1 rings (SSSR count). The minimum Gasteiger partial charge on any atom is -0.462 e. The summed E-state index contributed by atoms with van der Waals surface area (Å²) in [6, 6.07) is -0.320. The molecule has 1 aliphatic rings. The van der Waals surface area contributed by atoms with Gasteiger partial charge in [0.2, 0.25) is 0 Å². The van der Waals surface area contributed by atoms with Gasteiger partial charge in [-0.1, -0.05) is 19.3 Å². The van der Waals surface area contributed by atoms with Crippen molar-refractivity contribution >= 4 is 11.9 Å². The van der Waals surface area contributed by atoms with E-state index in [-0.39, 0.29) is 6.04 Å². The molecular weight excluding hydrogens is 198 g/mol. The van der Waals surface area contributed by atoms with E-state index in [1.807, 2.05) is 0 Å². The summed E-state index contributed by atoms with van der Waals surface area (Å²) in [6.45, 7) is 0. The van der Waals surface area contributed by atoms with Crippen LogP contribution in [-0.2, 0) is 14.3 Å². The van der Waals surface area contributed by atoms with Crippen LogP contribution < -0.4 is 5.32 Å². The standard InChI is InChI=1S/C10H17NO4/c1-15-10(14)9(13)11-7-5-3-2-4-6-8(7)12/h7-8,12H,2-6H2,1H3,(H,11,13). The van der Waals surface area contributed by atoms with Crippen LogP contribution >= 0.6 is 0 Å². The van der Waals surface area contributed by atoms with E-state index < -0.39 is 18.0 Å². The molecular formula is C10H17NO4. The summed E-state index contributed by atoms with van der Waals surface area (Å²) >= 11 is 0. The summed E-state index contributed by atoms with van der Waals surface area (Å²) in [6.07, 6.45) is 3.81. The first kappa shape index (κ1) is 12.0. The minimum atomic E-state index is -0.911. The van der Waals surface area contributed by atoms with Crippen molar-refractivity contribution < 1.29 is 19.4 Å². The van der Waals surface area contributed by atoms with Crippen molar-refractivity contribution in [3.63, 3.8) is 0 Å². The van der Waals surface area contributed by atoms with Crippen molar-refractivity contribution in [2.45, 2.75) is 44.2 Å². The highest BCUT2D eigenvalue weighted by Gasteiger charge is 2.25. The Morgan fingerprint density at radius 2 is 1.93 bits per heavy atom. The number of hydrogen-bond donors (Lipinski definition) is 2. The molecule has 0 aromatic heterocycles. The van der Waals surface area contributed by atoms with Crippen molar-refractivity contribution in [1.29, 1.82) is 0 Å². The molecule has 2 N–H and O–H groups in total. The molecule has 5 nitrogen and oxygen atoms in total. The molecule has 1 amide bonds. The Hall–Kier alpha value is -1.10. The quantitative estimate of drug-likeness (QED) is 0.366.